The van der Waals surface area contributed by atoms with Gasteiger partial charge in [-0.15, -0.1) is 0 Å². The average Bonchev–Trinajstić information content (AvgIpc) is 2.09. The van der Waals surface area contributed by atoms with Crippen LogP contribution in [-0.2, 0) is 4.79 Å². The summed E-state index contributed by atoms with van der Waals surface area (Å²) in [4.78, 5) is 10.6. The number of aliphatic carboxylic acids is 1. The highest BCUT2D eigenvalue weighted by atomic mass is 16.4. The number of aromatic hydroxyl groups is 1. The molecule has 0 aliphatic rings. The summed E-state index contributed by atoms with van der Waals surface area (Å²) in [5.41, 5.74) is 2.55. The standard InChI is InChI=1S/C12H16O3/c1-7-4-9(3)12(15)10(5-7)8(2)6-11(13)14/h4-5,8,15H,6H2,1-3H3,(H,13,14). The maximum absolute atomic E-state index is 10.6. The predicted octanol–water partition coefficient (Wildman–Crippen LogP) is 2.59. The largest absolute Gasteiger partial charge is 0.507 e. The molecule has 1 aromatic rings. The van der Waals surface area contributed by atoms with Crippen molar-refractivity contribution >= 4 is 5.97 Å². The van der Waals surface area contributed by atoms with Crippen LogP contribution in [0.15, 0.2) is 12.1 Å². The third-order valence-corrected chi connectivity index (χ3v) is 2.49. The molecule has 1 aromatic carbocycles. The minimum absolute atomic E-state index is 0.0381. The summed E-state index contributed by atoms with van der Waals surface area (Å²) in [6.07, 6.45) is 0.0381. The minimum atomic E-state index is -0.846. The molecule has 3 nitrogen and oxygen atoms in total. The van der Waals surface area contributed by atoms with Crippen LogP contribution in [0.25, 0.3) is 0 Å². The quantitative estimate of drug-likeness (QED) is 0.802. The van der Waals surface area contributed by atoms with E-state index in [1.54, 1.807) is 0 Å². The number of hydrogen-bond donors (Lipinski definition) is 2. The van der Waals surface area contributed by atoms with Gasteiger partial charge in [-0.05, 0) is 30.9 Å². The van der Waals surface area contributed by atoms with Crippen LogP contribution in [0.3, 0.4) is 0 Å². The van der Waals surface area contributed by atoms with Crippen LogP contribution < -0.4 is 0 Å². The van der Waals surface area contributed by atoms with E-state index in [0.717, 1.165) is 16.7 Å². The Labute approximate surface area is 89.4 Å². The monoisotopic (exact) mass is 208 g/mol. The van der Waals surface area contributed by atoms with E-state index < -0.39 is 5.97 Å². The molecule has 0 aromatic heterocycles. The van der Waals surface area contributed by atoms with Gasteiger partial charge in [0.15, 0.2) is 0 Å². The molecule has 1 rings (SSSR count). The molecule has 0 aliphatic heterocycles. The van der Waals surface area contributed by atoms with E-state index in [2.05, 4.69) is 0 Å². The second kappa shape index (κ2) is 4.34. The zero-order valence-electron chi connectivity index (χ0n) is 9.24. The number of carboxylic acid groups (broad SMARTS) is 1. The summed E-state index contributed by atoms with van der Waals surface area (Å²) in [6.45, 7) is 5.56. The maximum atomic E-state index is 10.6. The molecular weight excluding hydrogens is 192 g/mol. The van der Waals surface area contributed by atoms with Crippen molar-refractivity contribution in [3.63, 3.8) is 0 Å². The van der Waals surface area contributed by atoms with Gasteiger partial charge in [0.2, 0.25) is 0 Å². The summed E-state index contributed by atoms with van der Waals surface area (Å²) in [7, 11) is 0. The molecule has 1 atom stereocenters. The van der Waals surface area contributed by atoms with Crippen molar-refractivity contribution in [3.8, 4) is 5.75 Å². The number of phenols is 1. The summed E-state index contributed by atoms with van der Waals surface area (Å²) in [6, 6.07) is 3.72. The number of phenolic OH excluding ortho intramolecular Hbond substituents is 1. The van der Waals surface area contributed by atoms with Gasteiger partial charge in [0, 0.05) is 0 Å². The molecule has 2 N–H and O–H groups in total. The molecule has 0 spiro atoms. The number of rotatable bonds is 3. The van der Waals surface area contributed by atoms with Crippen molar-refractivity contribution in [3.05, 3.63) is 28.8 Å². The number of aryl methyl sites for hydroxylation is 2. The summed E-state index contributed by atoms with van der Waals surface area (Å²) in [5, 5.41) is 18.5. The van der Waals surface area contributed by atoms with Gasteiger partial charge in [-0.25, -0.2) is 0 Å². The molecule has 82 valence electrons. The van der Waals surface area contributed by atoms with E-state index in [9.17, 15) is 9.90 Å². The van der Waals surface area contributed by atoms with Gasteiger partial charge in [0.05, 0.1) is 6.42 Å². The highest BCUT2D eigenvalue weighted by Crippen LogP contribution is 2.31. The molecule has 15 heavy (non-hydrogen) atoms. The molecule has 0 heterocycles. The van der Waals surface area contributed by atoms with Gasteiger partial charge in [-0.3, -0.25) is 4.79 Å². The van der Waals surface area contributed by atoms with Gasteiger partial charge in [-0.1, -0.05) is 24.6 Å². The fourth-order valence-corrected chi connectivity index (χ4v) is 1.74. The molecule has 0 radical (unpaired) electrons. The maximum Gasteiger partial charge on any atom is 0.303 e. The third kappa shape index (κ3) is 2.72. The molecule has 0 bridgehead atoms. The first kappa shape index (κ1) is 11.6. The summed E-state index contributed by atoms with van der Waals surface area (Å²) >= 11 is 0. The predicted molar refractivity (Wildman–Crippen MR) is 58.2 cm³/mol. The Kier molecular flexibility index (Phi) is 3.35. The van der Waals surface area contributed by atoms with Crippen molar-refractivity contribution in [1.29, 1.82) is 0 Å². The second-order valence-corrected chi connectivity index (χ2v) is 4.02. The second-order valence-electron chi connectivity index (χ2n) is 4.02. The third-order valence-electron chi connectivity index (χ3n) is 2.49. The zero-order chi connectivity index (χ0) is 11.6. The van der Waals surface area contributed by atoms with Crippen LogP contribution in [0.4, 0.5) is 0 Å². The molecule has 3 heteroatoms. The lowest BCUT2D eigenvalue weighted by atomic mass is 9.93. The molecule has 0 saturated carbocycles. The first-order valence-electron chi connectivity index (χ1n) is 4.93. The first-order chi connectivity index (χ1) is 6.91. The van der Waals surface area contributed by atoms with Crippen molar-refractivity contribution in [2.75, 3.05) is 0 Å². The SMILES string of the molecule is Cc1cc(C)c(O)c(C(C)CC(=O)O)c1. The van der Waals surface area contributed by atoms with E-state index >= 15 is 0 Å². The van der Waals surface area contributed by atoms with Gasteiger partial charge in [0.25, 0.3) is 0 Å². The van der Waals surface area contributed by atoms with Gasteiger partial charge in [0.1, 0.15) is 5.75 Å². The van der Waals surface area contributed by atoms with Crippen molar-refractivity contribution in [2.24, 2.45) is 0 Å². The number of carboxylic acids is 1. The molecule has 1 unspecified atom stereocenters. The van der Waals surface area contributed by atoms with E-state index in [1.165, 1.54) is 0 Å². The van der Waals surface area contributed by atoms with E-state index in [4.69, 9.17) is 5.11 Å². The molecular formula is C12H16O3. The van der Waals surface area contributed by atoms with Gasteiger partial charge in [-0.2, -0.15) is 0 Å². The summed E-state index contributed by atoms with van der Waals surface area (Å²) in [5.74, 6) is -0.795. The number of hydrogen-bond acceptors (Lipinski definition) is 2. The van der Waals surface area contributed by atoms with E-state index in [0.29, 0.717) is 0 Å². The van der Waals surface area contributed by atoms with E-state index in [1.807, 2.05) is 32.9 Å². The molecule has 0 aliphatic carbocycles. The normalized spacial score (nSPS) is 12.5. The van der Waals surface area contributed by atoms with Crippen LogP contribution in [-0.4, -0.2) is 16.2 Å². The smallest absolute Gasteiger partial charge is 0.303 e. The van der Waals surface area contributed by atoms with Crippen LogP contribution in [0.5, 0.6) is 5.75 Å². The van der Waals surface area contributed by atoms with Crippen LogP contribution in [0.1, 0.15) is 36.0 Å². The van der Waals surface area contributed by atoms with Crippen LogP contribution >= 0.6 is 0 Å². The lowest BCUT2D eigenvalue weighted by Crippen LogP contribution is -2.04. The molecule has 0 fully saturated rings. The van der Waals surface area contributed by atoms with Gasteiger partial charge >= 0.3 is 5.97 Å². The van der Waals surface area contributed by atoms with Crippen molar-refractivity contribution in [1.82, 2.24) is 0 Å². The fraction of sp³-hybridized carbons (Fsp3) is 0.417. The van der Waals surface area contributed by atoms with Crippen LogP contribution in [0.2, 0.25) is 0 Å². The van der Waals surface area contributed by atoms with Crippen molar-refractivity contribution in [2.45, 2.75) is 33.1 Å². The number of carbonyl (C=O) groups is 1. The highest BCUT2D eigenvalue weighted by Gasteiger charge is 2.15. The van der Waals surface area contributed by atoms with Crippen molar-refractivity contribution < 1.29 is 15.0 Å². The number of benzene rings is 1. The lowest BCUT2D eigenvalue weighted by Gasteiger charge is -2.14. The topological polar surface area (TPSA) is 57.5 Å². The molecule has 0 amide bonds. The average molecular weight is 208 g/mol. The lowest BCUT2D eigenvalue weighted by molar-refractivity contribution is -0.137. The first-order valence-corrected chi connectivity index (χ1v) is 4.93. The Morgan fingerprint density at radius 3 is 2.53 bits per heavy atom. The zero-order valence-corrected chi connectivity index (χ0v) is 9.24. The Balaban J connectivity index is 3.07. The Morgan fingerprint density at radius 1 is 1.40 bits per heavy atom. The minimum Gasteiger partial charge on any atom is -0.507 e. The fourth-order valence-electron chi connectivity index (χ4n) is 1.74. The van der Waals surface area contributed by atoms with Crippen LogP contribution in [0, 0.1) is 13.8 Å². The Hall–Kier alpha value is -1.51. The Morgan fingerprint density at radius 2 is 2.00 bits per heavy atom. The summed E-state index contributed by atoms with van der Waals surface area (Å²) < 4.78 is 0. The molecule has 0 saturated heterocycles. The van der Waals surface area contributed by atoms with Gasteiger partial charge < -0.3 is 10.2 Å². The Bertz CT molecular complexity index is 383. The van der Waals surface area contributed by atoms with E-state index in [-0.39, 0.29) is 18.1 Å². The highest BCUT2D eigenvalue weighted by molar-refractivity contribution is 5.68.